The van der Waals surface area contributed by atoms with Crippen LogP contribution in [0.1, 0.15) is 37.6 Å². The van der Waals surface area contributed by atoms with Crippen molar-refractivity contribution >= 4 is 11.7 Å². The van der Waals surface area contributed by atoms with Gasteiger partial charge in [-0.3, -0.25) is 4.79 Å². The third-order valence-corrected chi connectivity index (χ3v) is 4.06. The SMILES string of the molecule is CC(C)(C)Oc1ccc(C(=O)N2CCCN(c3cccnn3)CC2)cn1. The average molecular weight is 355 g/mol. The Kier molecular flexibility index (Phi) is 5.35. The summed E-state index contributed by atoms with van der Waals surface area (Å²) in [5, 5.41) is 8.09. The van der Waals surface area contributed by atoms with Crippen LogP contribution in [0.15, 0.2) is 36.7 Å². The number of hydrogen-bond donors (Lipinski definition) is 0. The maximum atomic E-state index is 12.8. The molecule has 138 valence electrons. The van der Waals surface area contributed by atoms with Crippen LogP contribution in [-0.2, 0) is 0 Å². The first-order valence-corrected chi connectivity index (χ1v) is 8.89. The summed E-state index contributed by atoms with van der Waals surface area (Å²) in [6.45, 7) is 8.86. The van der Waals surface area contributed by atoms with Gasteiger partial charge in [0.1, 0.15) is 5.60 Å². The van der Waals surface area contributed by atoms with Crippen LogP contribution in [-0.4, -0.2) is 57.8 Å². The molecule has 1 fully saturated rings. The van der Waals surface area contributed by atoms with Crippen LogP contribution >= 0.6 is 0 Å². The van der Waals surface area contributed by atoms with Crippen molar-refractivity contribution in [2.24, 2.45) is 0 Å². The molecule has 0 atom stereocenters. The van der Waals surface area contributed by atoms with Crippen LogP contribution in [0.2, 0.25) is 0 Å². The van der Waals surface area contributed by atoms with Crippen molar-refractivity contribution in [3.05, 3.63) is 42.2 Å². The van der Waals surface area contributed by atoms with Gasteiger partial charge in [0.15, 0.2) is 5.82 Å². The molecule has 0 saturated carbocycles. The Morgan fingerprint density at radius 3 is 2.62 bits per heavy atom. The molecule has 3 rings (SSSR count). The minimum absolute atomic E-state index is 0.000745. The second kappa shape index (κ2) is 7.68. The lowest BCUT2D eigenvalue weighted by atomic mass is 10.2. The first kappa shape index (κ1) is 18.1. The number of carbonyl (C=O) groups is 1. The maximum Gasteiger partial charge on any atom is 0.255 e. The van der Waals surface area contributed by atoms with Gasteiger partial charge in [-0.05, 0) is 45.4 Å². The molecular formula is C19H25N5O2. The number of ether oxygens (including phenoxy) is 1. The third-order valence-electron chi connectivity index (χ3n) is 4.06. The Morgan fingerprint density at radius 1 is 1.12 bits per heavy atom. The fraction of sp³-hybridized carbons (Fsp3) is 0.474. The molecule has 0 radical (unpaired) electrons. The van der Waals surface area contributed by atoms with Gasteiger partial charge in [0.25, 0.3) is 5.91 Å². The molecule has 26 heavy (non-hydrogen) atoms. The molecule has 0 N–H and O–H groups in total. The van der Waals surface area contributed by atoms with Crippen LogP contribution in [0.4, 0.5) is 5.82 Å². The summed E-state index contributed by atoms with van der Waals surface area (Å²) >= 11 is 0. The monoisotopic (exact) mass is 355 g/mol. The van der Waals surface area contributed by atoms with Crippen LogP contribution in [0.5, 0.6) is 5.88 Å². The van der Waals surface area contributed by atoms with E-state index in [1.54, 1.807) is 24.5 Å². The standard InChI is InChI=1S/C19H25N5O2/c1-19(2,3)26-17-8-7-15(14-20-17)18(25)24-11-5-10-23(12-13-24)16-6-4-9-21-22-16/h4,6-9,14H,5,10-13H2,1-3H3. The first-order valence-electron chi connectivity index (χ1n) is 8.89. The summed E-state index contributed by atoms with van der Waals surface area (Å²) in [5.74, 6) is 1.38. The number of aromatic nitrogens is 3. The van der Waals surface area contributed by atoms with Gasteiger partial charge in [-0.15, -0.1) is 5.10 Å². The van der Waals surface area contributed by atoms with Gasteiger partial charge in [0.05, 0.1) is 5.56 Å². The maximum absolute atomic E-state index is 12.8. The highest BCUT2D eigenvalue weighted by molar-refractivity contribution is 5.94. The molecule has 0 unspecified atom stereocenters. The molecule has 2 aromatic rings. The number of rotatable bonds is 3. The van der Waals surface area contributed by atoms with Crippen molar-refractivity contribution in [1.82, 2.24) is 20.1 Å². The summed E-state index contributed by atoms with van der Waals surface area (Å²) in [5.41, 5.74) is 0.270. The molecule has 1 aliphatic rings. The summed E-state index contributed by atoms with van der Waals surface area (Å²) in [6, 6.07) is 7.36. The van der Waals surface area contributed by atoms with Gasteiger partial charge < -0.3 is 14.5 Å². The zero-order valence-electron chi connectivity index (χ0n) is 15.6. The second-order valence-electron chi connectivity index (χ2n) is 7.31. The summed E-state index contributed by atoms with van der Waals surface area (Å²) < 4.78 is 5.71. The number of nitrogens with zero attached hydrogens (tertiary/aromatic N) is 5. The van der Waals surface area contributed by atoms with Gasteiger partial charge in [-0.25, -0.2) is 4.98 Å². The smallest absolute Gasteiger partial charge is 0.255 e. The highest BCUT2D eigenvalue weighted by atomic mass is 16.5. The van der Waals surface area contributed by atoms with Gasteiger partial charge in [-0.2, -0.15) is 5.10 Å². The van der Waals surface area contributed by atoms with Crippen molar-refractivity contribution in [2.75, 3.05) is 31.1 Å². The quantitative estimate of drug-likeness (QED) is 0.842. The first-order chi connectivity index (χ1) is 12.4. The van der Waals surface area contributed by atoms with Crippen LogP contribution in [0, 0.1) is 0 Å². The Balaban J connectivity index is 1.63. The van der Waals surface area contributed by atoms with E-state index in [4.69, 9.17) is 4.74 Å². The van der Waals surface area contributed by atoms with E-state index in [2.05, 4.69) is 20.1 Å². The Hall–Kier alpha value is -2.70. The molecule has 2 aromatic heterocycles. The van der Waals surface area contributed by atoms with Crippen molar-refractivity contribution in [3.8, 4) is 5.88 Å². The van der Waals surface area contributed by atoms with E-state index in [-0.39, 0.29) is 11.5 Å². The zero-order valence-corrected chi connectivity index (χ0v) is 15.6. The average Bonchev–Trinajstić information content (AvgIpc) is 2.87. The minimum Gasteiger partial charge on any atom is -0.472 e. The van der Waals surface area contributed by atoms with Gasteiger partial charge in [0.2, 0.25) is 5.88 Å². The van der Waals surface area contributed by atoms with Crippen molar-refractivity contribution in [2.45, 2.75) is 32.8 Å². The van der Waals surface area contributed by atoms with E-state index in [9.17, 15) is 4.79 Å². The molecule has 1 aliphatic heterocycles. The predicted molar refractivity (Wildman–Crippen MR) is 99.4 cm³/mol. The Bertz CT molecular complexity index is 728. The molecule has 1 amide bonds. The molecule has 0 spiro atoms. The van der Waals surface area contributed by atoms with Crippen LogP contribution < -0.4 is 9.64 Å². The lowest BCUT2D eigenvalue weighted by Gasteiger charge is -2.23. The largest absolute Gasteiger partial charge is 0.472 e. The predicted octanol–water partition coefficient (Wildman–Crippen LogP) is 2.40. The van der Waals surface area contributed by atoms with E-state index in [0.29, 0.717) is 18.0 Å². The van der Waals surface area contributed by atoms with Crippen LogP contribution in [0.3, 0.4) is 0 Å². The Labute approximate surface area is 154 Å². The van der Waals surface area contributed by atoms with Crippen molar-refractivity contribution < 1.29 is 9.53 Å². The fourth-order valence-corrected chi connectivity index (χ4v) is 2.88. The van der Waals surface area contributed by atoms with E-state index in [1.807, 2.05) is 37.8 Å². The number of anilines is 1. The topological polar surface area (TPSA) is 71.5 Å². The zero-order chi connectivity index (χ0) is 18.6. The number of amides is 1. The summed E-state index contributed by atoms with van der Waals surface area (Å²) in [7, 11) is 0. The molecule has 0 aliphatic carbocycles. The number of pyridine rings is 1. The summed E-state index contributed by atoms with van der Waals surface area (Å²) in [6.07, 6.45) is 4.15. The molecular weight excluding hydrogens is 330 g/mol. The summed E-state index contributed by atoms with van der Waals surface area (Å²) in [4.78, 5) is 21.1. The van der Waals surface area contributed by atoms with E-state index < -0.39 is 0 Å². The minimum atomic E-state index is -0.312. The number of carbonyl (C=O) groups excluding carboxylic acids is 1. The highest BCUT2D eigenvalue weighted by Crippen LogP contribution is 2.17. The second-order valence-corrected chi connectivity index (χ2v) is 7.31. The van der Waals surface area contributed by atoms with Crippen molar-refractivity contribution in [1.29, 1.82) is 0 Å². The fourth-order valence-electron chi connectivity index (χ4n) is 2.88. The third kappa shape index (κ3) is 4.68. The van der Waals surface area contributed by atoms with Crippen LogP contribution in [0.25, 0.3) is 0 Å². The van der Waals surface area contributed by atoms with Gasteiger partial charge in [-0.1, -0.05) is 0 Å². The van der Waals surface area contributed by atoms with E-state index in [0.717, 1.165) is 31.9 Å². The normalized spacial score (nSPS) is 15.5. The molecule has 3 heterocycles. The molecule has 0 aromatic carbocycles. The van der Waals surface area contributed by atoms with E-state index >= 15 is 0 Å². The highest BCUT2D eigenvalue weighted by Gasteiger charge is 2.21. The van der Waals surface area contributed by atoms with E-state index in [1.165, 1.54) is 0 Å². The molecule has 7 heteroatoms. The molecule has 7 nitrogen and oxygen atoms in total. The van der Waals surface area contributed by atoms with Gasteiger partial charge >= 0.3 is 0 Å². The lowest BCUT2D eigenvalue weighted by molar-refractivity contribution is 0.0766. The van der Waals surface area contributed by atoms with Gasteiger partial charge in [0, 0.05) is 44.6 Å². The Morgan fingerprint density at radius 2 is 1.96 bits per heavy atom. The molecule has 0 bridgehead atoms. The number of hydrogen-bond acceptors (Lipinski definition) is 6. The molecule has 1 saturated heterocycles. The lowest BCUT2D eigenvalue weighted by Crippen LogP contribution is -2.35. The van der Waals surface area contributed by atoms with Crippen molar-refractivity contribution in [3.63, 3.8) is 0 Å².